The van der Waals surface area contributed by atoms with Crippen molar-refractivity contribution in [2.75, 3.05) is 11.9 Å². The van der Waals surface area contributed by atoms with E-state index in [0.29, 0.717) is 24.2 Å². The molecule has 2 aromatic carbocycles. The van der Waals surface area contributed by atoms with Crippen LogP contribution in [-0.2, 0) is 6.42 Å². The zero-order chi connectivity index (χ0) is 16.9. The van der Waals surface area contributed by atoms with E-state index in [1.54, 1.807) is 24.3 Å². The van der Waals surface area contributed by atoms with E-state index in [1.807, 2.05) is 24.3 Å². The monoisotopic (exact) mass is 323 g/mol. The van der Waals surface area contributed by atoms with Gasteiger partial charge in [0.05, 0.1) is 11.0 Å². The summed E-state index contributed by atoms with van der Waals surface area (Å²) in [7, 11) is 0. The maximum Gasteiger partial charge on any atom is 0.316 e. The lowest BCUT2D eigenvalue weighted by Gasteiger charge is -2.06. The number of fused-ring (bicyclic) bond motifs is 1. The molecule has 1 aromatic heterocycles. The van der Waals surface area contributed by atoms with Crippen molar-refractivity contribution in [1.82, 2.24) is 15.3 Å². The first-order valence-corrected chi connectivity index (χ1v) is 7.50. The molecule has 5 N–H and O–H groups in total. The highest BCUT2D eigenvalue weighted by molar-refractivity contribution is 5.96. The fourth-order valence-corrected chi connectivity index (χ4v) is 2.40. The minimum atomic E-state index is -0.669. The molecule has 7 nitrogen and oxygen atoms in total. The summed E-state index contributed by atoms with van der Waals surface area (Å²) in [6.45, 7) is 0.451. The highest BCUT2D eigenvalue weighted by atomic mass is 16.2. The highest BCUT2D eigenvalue weighted by Gasteiger charge is 2.07. The topological polar surface area (TPSA) is 113 Å². The number of primary amides is 1. The number of nitrogens with zero attached hydrogens (tertiary/aromatic N) is 1. The average Bonchev–Trinajstić information content (AvgIpc) is 2.97. The molecule has 3 amide bonds. The number of hydrogen-bond acceptors (Lipinski definition) is 3. The van der Waals surface area contributed by atoms with E-state index in [2.05, 4.69) is 20.6 Å². The number of urea groups is 1. The first-order chi connectivity index (χ1) is 11.6. The van der Waals surface area contributed by atoms with E-state index in [1.165, 1.54) is 0 Å². The Morgan fingerprint density at radius 3 is 2.75 bits per heavy atom. The normalized spacial score (nSPS) is 10.5. The van der Waals surface area contributed by atoms with Crippen LogP contribution in [0.5, 0.6) is 0 Å². The minimum absolute atomic E-state index is 0.223. The van der Waals surface area contributed by atoms with Gasteiger partial charge < -0.3 is 21.4 Å². The Hall–Kier alpha value is -3.35. The Bertz CT molecular complexity index is 854. The molecule has 0 atom stereocenters. The number of aromatic nitrogens is 2. The van der Waals surface area contributed by atoms with Crippen LogP contribution in [0.15, 0.2) is 48.5 Å². The number of anilines is 1. The average molecular weight is 323 g/mol. The van der Waals surface area contributed by atoms with Gasteiger partial charge in [-0.25, -0.2) is 9.78 Å². The molecule has 0 bridgehead atoms. The summed E-state index contributed by atoms with van der Waals surface area (Å²) in [5, 5.41) is 5.27. The third-order valence-electron chi connectivity index (χ3n) is 3.48. The van der Waals surface area contributed by atoms with Crippen molar-refractivity contribution in [3.8, 4) is 0 Å². The smallest absolute Gasteiger partial charge is 0.316 e. The molecule has 3 rings (SSSR count). The lowest BCUT2D eigenvalue weighted by atomic mass is 10.2. The van der Waals surface area contributed by atoms with Gasteiger partial charge >= 0.3 is 6.03 Å². The van der Waals surface area contributed by atoms with Crippen LogP contribution in [0.2, 0.25) is 0 Å². The van der Waals surface area contributed by atoms with Crippen molar-refractivity contribution in [3.05, 3.63) is 59.9 Å². The molecule has 0 spiro atoms. The predicted octanol–water partition coefficient (Wildman–Crippen LogP) is 2.03. The number of amides is 3. The zero-order valence-corrected chi connectivity index (χ0v) is 12.9. The highest BCUT2D eigenvalue weighted by Crippen LogP contribution is 2.11. The van der Waals surface area contributed by atoms with Crippen molar-refractivity contribution in [2.24, 2.45) is 5.73 Å². The molecule has 0 saturated carbocycles. The van der Waals surface area contributed by atoms with Gasteiger partial charge in [-0.15, -0.1) is 0 Å². The lowest BCUT2D eigenvalue weighted by molar-refractivity contribution is 0.0954. The number of para-hydroxylation sites is 2. The van der Waals surface area contributed by atoms with Crippen LogP contribution in [0.25, 0.3) is 11.0 Å². The first kappa shape index (κ1) is 15.5. The van der Waals surface area contributed by atoms with Gasteiger partial charge in [0.2, 0.25) is 0 Å². The maximum absolute atomic E-state index is 12.2. The molecule has 3 aromatic rings. The van der Waals surface area contributed by atoms with Gasteiger partial charge in [-0.3, -0.25) is 4.79 Å². The number of H-pyrrole nitrogens is 1. The van der Waals surface area contributed by atoms with Gasteiger partial charge in [-0.2, -0.15) is 0 Å². The molecular weight excluding hydrogens is 306 g/mol. The van der Waals surface area contributed by atoms with Gasteiger partial charge in [0.25, 0.3) is 5.91 Å². The summed E-state index contributed by atoms with van der Waals surface area (Å²) in [6.07, 6.45) is 0.597. The second-order valence-corrected chi connectivity index (χ2v) is 5.28. The van der Waals surface area contributed by atoms with Crippen LogP contribution in [0.3, 0.4) is 0 Å². The third kappa shape index (κ3) is 3.70. The van der Waals surface area contributed by atoms with Crippen LogP contribution in [-0.4, -0.2) is 28.5 Å². The third-order valence-corrected chi connectivity index (χ3v) is 3.48. The number of aromatic amines is 1. The molecule has 0 unspecified atom stereocenters. The van der Waals surface area contributed by atoms with E-state index < -0.39 is 6.03 Å². The number of rotatable bonds is 5. The molecule has 0 saturated heterocycles. The van der Waals surface area contributed by atoms with Crippen molar-refractivity contribution >= 4 is 28.7 Å². The maximum atomic E-state index is 12.2. The Labute approximate surface area is 138 Å². The predicted molar refractivity (Wildman–Crippen MR) is 91.8 cm³/mol. The number of imidazole rings is 1. The SMILES string of the molecule is NC(=O)Nc1cccc(C(=O)NCCc2nc3ccccc3[nH]2)c1. The summed E-state index contributed by atoms with van der Waals surface area (Å²) in [6, 6.07) is 13.7. The largest absolute Gasteiger partial charge is 0.352 e. The number of benzene rings is 2. The standard InChI is InChI=1S/C17H17N5O2/c18-17(24)20-12-5-3-4-11(10-12)16(23)19-9-8-15-21-13-6-1-2-7-14(13)22-15/h1-7,10H,8-9H2,(H,19,23)(H,21,22)(H3,18,20,24). The number of hydrogen-bond donors (Lipinski definition) is 4. The van der Waals surface area contributed by atoms with E-state index in [0.717, 1.165) is 16.9 Å². The quantitative estimate of drug-likeness (QED) is 0.576. The summed E-state index contributed by atoms with van der Waals surface area (Å²) in [5.74, 6) is 0.597. The Kier molecular flexibility index (Phi) is 4.42. The first-order valence-electron chi connectivity index (χ1n) is 7.50. The Morgan fingerprint density at radius 2 is 1.96 bits per heavy atom. The molecule has 0 aliphatic heterocycles. The summed E-state index contributed by atoms with van der Waals surface area (Å²) < 4.78 is 0. The second-order valence-electron chi connectivity index (χ2n) is 5.28. The van der Waals surface area contributed by atoms with Crippen LogP contribution in [0.1, 0.15) is 16.2 Å². The van der Waals surface area contributed by atoms with Crippen molar-refractivity contribution < 1.29 is 9.59 Å². The molecule has 0 aliphatic carbocycles. The van der Waals surface area contributed by atoms with E-state index >= 15 is 0 Å². The summed E-state index contributed by atoms with van der Waals surface area (Å²) in [4.78, 5) is 30.7. The summed E-state index contributed by atoms with van der Waals surface area (Å²) >= 11 is 0. The fourth-order valence-electron chi connectivity index (χ4n) is 2.40. The van der Waals surface area contributed by atoms with Crippen molar-refractivity contribution in [1.29, 1.82) is 0 Å². The van der Waals surface area contributed by atoms with Crippen LogP contribution in [0.4, 0.5) is 10.5 Å². The number of nitrogens with one attached hydrogen (secondary N) is 3. The van der Waals surface area contributed by atoms with Crippen LogP contribution >= 0.6 is 0 Å². The summed E-state index contributed by atoms with van der Waals surface area (Å²) in [5.41, 5.74) is 7.88. The van der Waals surface area contributed by atoms with E-state index in [4.69, 9.17) is 5.73 Å². The van der Waals surface area contributed by atoms with Gasteiger partial charge in [0.1, 0.15) is 5.82 Å². The van der Waals surface area contributed by atoms with E-state index in [9.17, 15) is 9.59 Å². The fraction of sp³-hybridized carbons (Fsp3) is 0.118. The molecule has 0 radical (unpaired) electrons. The Balaban J connectivity index is 1.58. The van der Waals surface area contributed by atoms with Gasteiger partial charge in [-0.1, -0.05) is 18.2 Å². The van der Waals surface area contributed by atoms with Crippen LogP contribution in [0, 0.1) is 0 Å². The minimum Gasteiger partial charge on any atom is -0.352 e. The molecular formula is C17H17N5O2. The number of carbonyl (C=O) groups is 2. The lowest BCUT2D eigenvalue weighted by Crippen LogP contribution is -2.26. The van der Waals surface area contributed by atoms with Gasteiger partial charge in [-0.05, 0) is 30.3 Å². The molecule has 24 heavy (non-hydrogen) atoms. The molecule has 122 valence electrons. The molecule has 7 heteroatoms. The van der Waals surface area contributed by atoms with Crippen molar-refractivity contribution in [3.63, 3.8) is 0 Å². The second kappa shape index (κ2) is 6.82. The van der Waals surface area contributed by atoms with Gasteiger partial charge in [0.15, 0.2) is 0 Å². The van der Waals surface area contributed by atoms with Crippen LogP contribution < -0.4 is 16.4 Å². The zero-order valence-electron chi connectivity index (χ0n) is 12.9. The van der Waals surface area contributed by atoms with Crippen molar-refractivity contribution in [2.45, 2.75) is 6.42 Å². The Morgan fingerprint density at radius 1 is 1.12 bits per heavy atom. The number of carbonyl (C=O) groups excluding carboxylic acids is 2. The molecule has 0 aliphatic rings. The van der Waals surface area contributed by atoms with Gasteiger partial charge in [0, 0.05) is 24.2 Å². The molecule has 1 heterocycles. The van der Waals surface area contributed by atoms with E-state index in [-0.39, 0.29) is 5.91 Å². The number of nitrogens with two attached hydrogens (primary N) is 1. The molecule has 0 fully saturated rings.